The van der Waals surface area contributed by atoms with Gasteiger partial charge in [-0.15, -0.1) is 0 Å². The lowest BCUT2D eigenvalue weighted by atomic mass is 10.0. The molecule has 0 unspecified atom stereocenters. The molecular weight excluding hydrogens is 322 g/mol. The van der Waals surface area contributed by atoms with Gasteiger partial charge in [-0.2, -0.15) is 0 Å². The molecule has 0 aliphatic carbocycles. The minimum Gasteiger partial charge on any atom is -0.381 e. The number of urea groups is 1. The van der Waals surface area contributed by atoms with Gasteiger partial charge < -0.3 is 15.4 Å². The maximum Gasteiger partial charge on any atom is 0.325 e. The predicted molar refractivity (Wildman–Crippen MR) is 90.5 cm³/mol. The van der Waals surface area contributed by atoms with Gasteiger partial charge >= 0.3 is 6.03 Å². The average Bonchev–Trinajstić information content (AvgIpc) is 2.89. The molecule has 0 saturated carbocycles. The maximum atomic E-state index is 12.4. The van der Waals surface area contributed by atoms with Crippen LogP contribution in [0.3, 0.4) is 0 Å². The van der Waals surface area contributed by atoms with Crippen LogP contribution in [0.5, 0.6) is 0 Å². The van der Waals surface area contributed by atoms with Crippen LogP contribution in [0.2, 0.25) is 0 Å². The highest BCUT2D eigenvalue weighted by Gasteiger charge is 2.38. The van der Waals surface area contributed by atoms with E-state index < -0.39 is 12.1 Å². The number of carbonyl (C=O) groups excluding carboxylic acids is 3. The number of benzene rings is 1. The second kappa shape index (κ2) is 8.11. The van der Waals surface area contributed by atoms with Gasteiger partial charge in [0.15, 0.2) is 0 Å². The van der Waals surface area contributed by atoms with Gasteiger partial charge in [-0.3, -0.25) is 14.5 Å². The van der Waals surface area contributed by atoms with Crippen LogP contribution in [0.25, 0.3) is 0 Å². The second-order valence-electron chi connectivity index (χ2n) is 6.48. The fourth-order valence-electron chi connectivity index (χ4n) is 3.10. The molecule has 0 aromatic heterocycles. The molecule has 4 amide bonds. The van der Waals surface area contributed by atoms with Crippen molar-refractivity contribution in [3.05, 3.63) is 35.9 Å². The number of nitrogens with one attached hydrogen (secondary N) is 2. The Balaban J connectivity index is 1.48. The lowest BCUT2D eigenvalue weighted by molar-refractivity contribution is -0.131. The molecule has 2 aliphatic rings. The standard InChI is InChI=1S/C18H23N3O4/c22-16(19-11-13-6-8-25-9-7-13)10-15-17(23)21(18(24)20-15)12-14-4-2-1-3-5-14/h1-5,13,15H,6-12H2,(H,19,22)(H,20,24)/t15-/m0/s1. The lowest BCUT2D eigenvalue weighted by Gasteiger charge is -2.22. The third-order valence-electron chi connectivity index (χ3n) is 4.61. The molecule has 7 nitrogen and oxygen atoms in total. The molecule has 1 aromatic carbocycles. The van der Waals surface area contributed by atoms with Gasteiger partial charge in [-0.25, -0.2) is 4.79 Å². The summed E-state index contributed by atoms with van der Waals surface area (Å²) in [4.78, 5) is 37.7. The molecule has 134 valence electrons. The van der Waals surface area contributed by atoms with Crippen LogP contribution in [0.4, 0.5) is 4.79 Å². The summed E-state index contributed by atoms with van der Waals surface area (Å²) >= 11 is 0. The zero-order valence-electron chi connectivity index (χ0n) is 14.1. The van der Waals surface area contributed by atoms with Gasteiger partial charge in [-0.1, -0.05) is 30.3 Å². The van der Waals surface area contributed by atoms with E-state index in [0.717, 1.165) is 36.5 Å². The van der Waals surface area contributed by atoms with Crippen molar-refractivity contribution in [2.45, 2.75) is 31.8 Å². The van der Waals surface area contributed by atoms with E-state index in [9.17, 15) is 14.4 Å². The normalized spacial score (nSPS) is 21.3. The van der Waals surface area contributed by atoms with Gasteiger partial charge in [0, 0.05) is 19.8 Å². The maximum absolute atomic E-state index is 12.4. The number of nitrogens with zero attached hydrogens (tertiary/aromatic N) is 1. The number of rotatable bonds is 6. The molecule has 2 saturated heterocycles. The van der Waals surface area contributed by atoms with Crippen molar-refractivity contribution in [2.24, 2.45) is 5.92 Å². The first-order valence-corrected chi connectivity index (χ1v) is 8.63. The number of amides is 4. The van der Waals surface area contributed by atoms with Crippen LogP contribution in [-0.2, 0) is 20.9 Å². The summed E-state index contributed by atoms with van der Waals surface area (Å²) in [6.45, 7) is 2.26. The van der Waals surface area contributed by atoms with Crippen LogP contribution >= 0.6 is 0 Å². The molecule has 2 fully saturated rings. The van der Waals surface area contributed by atoms with Gasteiger partial charge in [0.1, 0.15) is 6.04 Å². The molecule has 1 atom stereocenters. The van der Waals surface area contributed by atoms with E-state index in [0.29, 0.717) is 12.5 Å². The quantitative estimate of drug-likeness (QED) is 0.754. The molecule has 0 radical (unpaired) electrons. The Morgan fingerprint density at radius 1 is 1.20 bits per heavy atom. The summed E-state index contributed by atoms with van der Waals surface area (Å²) < 4.78 is 5.29. The fourth-order valence-corrected chi connectivity index (χ4v) is 3.10. The van der Waals surface area contributed by atoms with Crippen molar-refractivity contribution in [1.29, 1.82) is 0 Å². The monoisotopic (exact) mass is 345 g/mol. The van der Waals surface area contributed by atoms with Crippen molar-refractivity contribution in [2.75, 3.05) is 19.8 Å². The number of hydrogen-bond donors (Lipinski definition) is 2. The Morgan fingerprint density at radius 3 is 2.64 bits per heavy atom. The van der Waals surface area contributed by atoms with Crippen LogP contribution < -0.4 is 10.6 Å². The van der Waals surface area contributed by atoms with Crippen molar-refractivity contribution in [1.82, 2.24) is 15.5 Å². The third kappa shape index (κ3) is 4.57. The Bertz CT molecular complexity index is 628. The molecule has 2 heterocycles. The molecule has 0 spiro atoms. The first kappa shape index (κ1) is 17.4. The predicted octanol–water partition coefficient (Wildman–Crippen LogP) is 1.04. The van der Waals surface area contributed by atoms with Gasteiger partial charge in [0.2, 0.25) is 5.91 Å². The van der Waals surface area contributed by atoms with Crippen molar-refractivity contribution in [3.63, 3.8) is 0 Å². The molecule has 1 aromatic rings. The Labute approximate surface area is 146 Å². The van der Waals surface area contributed by atoms with E-state index in [-0.39, 0.29) is 24.8 Å². The van der Waals surface area contributed by atoms with Crippen LogP contribution in [0.15, 0.2) is 30.3 Å². The third-order valence-corrected chi connectivity index (χ3v) is 4.61. The largest absolute Gasteiger partial charge is 0.381 e. The molecule has 0 bridgehead atoms. The van der Waals surface area contributed by atoms with Gasteiger partial charge in [-0.05, 0) is 24.3 Å². The van der Waals surface area contributed by atoms with Crippen molar-refractivity contribution < 1.29 is 19.1 Å². The summed E-state index contributed by atoms with van der Waals surface area (Å²) in [5, 5.41) is 5.46. The number of ether oxygens (including phenoxy) is 1. The summed E-state index contributed by atoms with van der Waals surface area (Å²) in [6.07, 6.45) is 1.84. The Morgan fingerprint density at radius 2 is 1.92 bits per heavy atom. The molecule has 2 N–H and O–H groups in total. The first-order chi connectivity index (χ1) is 12.1. The highest BCUT2D eigenvalue weighted by Crippen LogP contribution is 2.15. The lowest BCUT2D eigenvalue weighted by Crippen LogP contribution is -2.38. The number of imide groups is 1. The van der Waals surface area contributed by atoms with Crippen molar-refractivity contribution >= 4 is 17.8 Å². The van der Waals surface area contributed by atoms with E-state index in [1.807, 2.05) is 30.3 Å². The minimum atomic E-state index is -0.786. The van der Waals surface area contributed by atoms with Crippen LogP contribution in [-0.4, -0.2) is 48.5 Å². The zero-order valence-corrected chi connectivity index (χ0v) is 14.1. The highest BCUT2D eigenvalue weighted by molar-refractivity contribution is 6.05. The molecule has 7 heteroatoms. The van der Waals surface area contributed by atoms with E-state index >= 15 is 0 Å². The highest BCUT2D eigenvalue weighted by atomic mass is 16.5. The van der Waals surface area contributed by atoms with E-state index in [1.54, 1.807) is 0 Å². The minimum absolute atomic E-state index is 0.0287. The van der Waals surface area contributed by atoms with E-state index in [1.165, 1.54) is 0 Å². The summed E-state index contributed by atoms with van der Waals surface area (Å²) in [5.41, 5.74) is 0.871. The Kier molecular flexibility index (Phi) is 5.65. The average molecular weight is 345 g/mol. The number of hydrogen-bond acceptors (Lipinski definition) is 4. The van der Waals surface area contributed by atoms with Gasteiger partial charge in [0.25, 0.3) is 5.91 Å². The van der Waals surface area contributed by atoms with Crippen LogP contribution in [0, 0.1) is 5.92 Å². The second-order valence-corrected chi connectivity index (χ2v) is 6.48. The zero-order chi connectivity index (χ0) is 17.6. The van der Waals surface area contributed by atoms with E-state index in [4.69, 9.17) is 4.74 Å². The molecule has 25 heavy (non-hydrogen) atoms. The molecular formula is C18H23N3O4. The topological polar surface area (TPSA) is 87.7 Å². The van der Waals surface area contributed by atoms with E-state index in [2.05, 4.69) is 10.6 Å². The van der Waals surface area contributed by atoms with Gasteiger partial charge in [0.05, 0.1) is 13.0 Å². The summed E-state index contributed by atoms with van der Waals surface area (Å²) in [7, 11) is 0. The summed E-state index contributed by atoms with van der Waals surface area (Å²) in [5.74, 6) is -0.150. The fraction of sp³-hybridized carbons (Fsp3) is 0.500. The Hall–Kier alpha value is -2.41. The first-order valence-electron chi connectivity index (χ1n) is 8.63. The van der Waals surface area contributed by atoms with Crippen LogP contribution in [0.1, 0.15) is 24.8 Å². The SMILES string of the molecule is O=C(C[C@@H]1NC(=O)N(Cc2ccccc2)C1=O)NCC1CCOCC1. The summed E-state index contributed by atoms with van der Waals surface area (Å²) in [6, 6.07) is 8.07. The number of carbonyl (C=O) groups is 3. The smallest absolute Gasteiger partial charge is 0.325 e. The molecule has 2 aliphatic heterocycles. The van der Waals surface area contributed by atoms with Crippen molar-refractivity contribution in [3.8, 4) is 0 Å². The molecule has 3 rings (SSSR count).